The molecule has 3 aliphatic rings. The van der Waals surface area contributed by atoms with Crippen LogP contribution in [0, 0.1) is 28.6 Å². The number of carbonyl (C=O) groups is 3. The van der Waals surface area contributed by atoms with Crippen molar-refractivity contribution in [1.29, 1.82) is 10.8 Å². The Morgan fingerprint density at radius 3 is 2.40 bits per heavy atom. The summed E-state index contributed by atoms with van der Waals surface area (Å²) in [5.41, 5.74) is 7.29. The second kappa shape index (κ2) is 14.6. The molecule has 5 N–H and O–H groups in total. The van der Waals surface area contributed by atoms with Crippen molar-refractivity contribution in [2.24, 2.45) is 5.41 Å². The van der Waals surface area contributed by atoms with Gasteiger partial charge in [0.2, 0.25) is 17.7 Å². The minimum Gasteiger partial charge on any atom is -0.398 e. The van der Waals surface area contributed by atoms with Crippen molar-refractivity contribution in [2.75, 3.05) is 56.9 Å². The minimum atomic E-state index is -4.70. The first kappa shape index (κ1) is 36.8. The summed E-state index contributed by atoms with van der Waals surface area (Å²) >= 11 is 0. The molecule has 3 amide bonds. The number of hydrogen-bond acceptors (Lipinski definition) is 8. The summed E-state index contributed by atoms with van der Waals surface area (Å²) in [4.78, 5) is 44.1. The van der Waals surface area contributed by atoms with Crippen LogP contribution in [0.25, 0.3) is 5.57 Å². The van der Waals surface area contributed by atoms with Gasteiger partial charge in [0, 0.05) is 66.9 Å². The van der Waals surface area contributed by atoms with Gasteiger partial charge in [-0.15, -0.1) is 6.42 Å². The zero-order valence-electron chi connectivity index (χ0n) is 29.0. The highest BCUT2D eigenvalue weighted by molar-refractivity contribution is 6.15. The van der Waals surface area contributed by atoms with E-state index in [1.807, 2.05) is 29.0 Å². The van der Waals surface area contributed by atoms with E-state index in [4.69, 9.17) is 27.7 Å². The molecule has 0 saturated carbocycles. The Bertz CT molecular complexity index is 2070. The number of alkyl halides is 3. The third kappa shape index (κ3) is 7.52. The quantitative estimate of drug-likeness (QED) is 0.115. The Labute approximate surface area is 304 Å². The second-order valence-electron chi connectivity index (χ2n) is 13.4. The Morgan fingerprint density at radius 1 is 1.02 bits per heavy atom. The van der Waals surface area contributed by atoms with Crippen molar-refractivity contribution in [1.82, 2.24) is 15.1 Å². The SMILES string of the molecule is C#Cc1ccc(C(=N)c2cc(N3CC[C@]4(CCN(CC(=O)N5CC=C(c6ccc(C(=N)OC(=O)NC)cc6)CC5)C4)C3=O)ccc2N)cc1C(F)(F)F. The van der Waals surface area contributed by atoms with Crippen molar-refractivity contribution in [3.05, 3.63) is 100 Å². The molecule has 1 spiro atoms. The highest BCUT2D eigenvalue weighted by Gasteiger charge is 2.51. The lowest BCUT2D eigenvalue weighted by Crippen LogP contribution is -2.43. The monoisotopic (exact) mass is 725 g/mol. The molecule has 3 aromatic carbocycles. The summed E-state index contributed by atoms with van der Waals surface area (Å²) in [5, 5.41) is 19.0. The lowest BCUT2D eigenvalue weighted by atomic mass is 9.85. The molecule has 0 bridgehead atoms. The highest BCUT2D eigenvalue weighted by Crippen LogP contribution is 2.43. The fourth-order valence-electron chi connectivity index (χ4n) is 7.17. The van der Waals surface area contributed by atoms with Gasteiger partial charge in [0.05, 0.1) is 23.2 Å². The molecule has 11 nitrogen and oxygen atoms in total. The third-order valence-corrected chi connectivity index (χ3v) is 10.2. The van der Waals surface area contributed by atoms with Gasteiger partial charge in [-0.25, -0.2) is 4.79 Å². The van der Waals surface area contributed by atoms with E-state index >= 15 is 0 Å². The average Bonchev–Trinajstić information content (AvgIpc) is 3.72. The molecule has 2 saturated heterocycles. The van der Waals surface area contributed by atoms with Crippen LogP contribution in [0.15, 0.2) is 66.7 Å². The van der Waals surface area contributed by atoms with Crippen LogP contribution in [-0.4, -0.2) is 85.6 Å². The van der Waals surface area contributed by atoms with Crippen LogP contribution in [0.4, 0.5) is 29.3 Å². The summed E-state index contributed by atoms with van der Waals surface area (Å²) in [6, 6.07) is 15.3. The number of carbonyl (C=O) groups excluding carboxylic acids is 3. The lowest BCUT2D eigenvalue weighted by Gasteiger charge is -2.29. The number of amides is 3. The smallest absolute Gasteiger partial charge is 0.398 e. The Kier molecular flexibility index (Phi) is 10.1. The zero-order valence-corrected chi connectivity index (χ0v) is 29.0. The molecule has 274 valence electrons. The summed E-state index contributed by atoms with van der Waals surface area (Å²) in [5.74, 6) is 1.66. The molecular formula is C39H38F3N7O4. The fourth-order valence-corrected chi connectivity index (χ4v) is 7.17. The number of hydrogen-bond donors (Lipinski definition) is 4. The van der Waals surface area contributed by atoms with Crippen LogP contribution in [0.3, 0.4) is 0 Å². The number of rotatable bonds is 7. The first-order chi connectivity index (χ1) is 25.2. The standard InChI is InChI=1S/C39H38F3N7O4/c1-3-24-4-9-28(20-31(24)39(40,41)42)34(44)30-21-29(10-11-32(30)43)49-19-15-38(36(49)51)14-18-47(23-38)22-33(50)48-16-12-26(13-17-48)25-5-7-27(8-6-25)35(45)53-37(52)46-2/h1,4-12,20-21,44-45H,13-19,22-23,43H2,2H3,(H,46,52)/t38-/m0/s1. The van der Waals surface area contributed by atoms with Crippen LogP contribution in [0.1, 0.15) is 52.6 Å². The zero-order chi connectivity index (χ0) is 38.1. The van der Waals surface area contributed by atoms with E-state index in [0.29, 0.717) is 63.2 Å². The number of halogens is 3. The summed E-state index contributed by atoms with van der Waals surface area (Å²) in [6.45, 7) is 2.58. The van der Waals surface area contributed by atoms with Crippen LogP contribution < -0.4 is 16.0 Å². The number of ether oxygens (including phenoxy) is 1. The Morgan fingerprint density at radius 2 is 1.74 bits per heavy atom. The van der Waals surface area contributed by atoms with Crippen LogP contribution in [-0.2, 0) is 20.5 Å². The molecule has 0 aromatic heterocycles. The number of nitrogens with two attached hydrogens (primary N) is 1. The molecule has 3 aliphatic heterocycles. The molecule has 53 heavy (non-hydrogen) atoms. The van der Waals surface area contributed by atoms with Crippen LogP contribution in [0.5, 0.6) is 0 Å². The molecule has 0 unspecified atom stereocenters. The van der Waals surface area contributed by atoms with Crippen molar-refractivity contribution >= 4 is 46.5 Å². The maximum absolute atomic E-state index is 13.9. The van der Waals surface area contributed by atoms with E-state index in [1.54, 1.807) is 40.1 Å². The lowest BCUT2D eigenvalue weighted by molar-refractivity contribution is -0.137. The van der Waals surface area contributed by atoms with Gasteiger partial charge in [-0.05, 0) is 79.4 Å². The summed E-state index contributed by atoms with van der Waals surface area (Å²) in [7, 11) is 1.42. The van der Waals surface area contributed by atoms with Crippen LogP contribution >= 0.6 is 0 Å². The molecule has 14 heteroatoms. The van der Waals surface area contributed by atoms with E-state index in [2.05, 4.69) is 5.32 Å². The van der Waals surface area contributed by atoms with Gasteiger partial charge in [0.1, 0.15) is 0 Å². The average molecular weight is 726 g/mol. The minimum absolute atomic E-state index is 0.0109. The Hall–Kier alpha value is -5.94. The number of benzene rings is 3. The van der Waals surface area contributed by atoms with Crippen molar-refractivity contribution in [2.45, 2.75) is 25.4 Å². The molecule has 0 radical (unpaired) electrons. The predicted octanol–water partition coefficient (Wildman–Crippen LogP) is 5.11. The molecule has 3 heterocycles. The molecule has 3 aromatic rings. The van der Waals surface area contributed by atoms with Crippen molar-refractivity contribution in [3.8, 4) is 12.3 Å². The van der Waals surface area contributed by atoms with Crippen molar-refractivity contribution < 1.29 is 32.3 Å². The highest BCUT2D eigenvalue weighted by atomic mass is 19.4. The topological polar surface area (TPSA) is 156 Å². The number of terminal acetylenes is 1. The molecule has 1 atom stereocenters. The van der Waals surface area contributed by atoms with Gasteiger partial charge >= 0.3 is 12.3 Å². The third-order valence-electron chi connectivity index (χ3n) is 10.2. The van der Waals surface area contributed by atoms with Gasteiger partial charge in [-0.2, -0.15) is 13.2 Å². The normalized spacial score (nSPS) is 18.8. The predicted molar refractivity (Wildman–Crippen MR) is 195 cm³/mol. The molecule has 0 aliphatic carbocycles. The second-order valence-corrected chi connectivity index (χ2v) is 13.4. The molecule has 6 rings (SSSR count). The van der Waals surface area contributed by atoms with Gasteiger partial charge in [-0.3, -0.25) is 25.3 Å². The maximum Gasteiger partial charge on any atom is 0.417 e. The van der Waals surface area contributed by atoms with Gasteiger partial charge in [0.15, 0.2) is 0 Å². The number of alkyl carbamates (subject to hydrolysis) is 1. The fraction of sp³-hybridized carbons (Fsp3) is 0.308. The van der Waals surface area contributed by atoms with E-state index in [0.717, 1.165) is 23.3 Å². The first-order valence-electron chi connectivity index (χ1n) is 17.0. The van der Waals surface area contributed by atoms with E-state index in [-0.39, 0.29) is 52.3 Å². The van der Waals surface area contributed by atoms with E-state index in [9.17, 15) is 27.6 Å². The Balaban J connectivity index is 1.07. The summed E-state index contributed by atoms with van der Waals surface area (Å²) in [6.07, 6.45) is 3.67. The van der Waals surface area contributed by atoms with Gasteiger partial charge in [-0.1, -0.05) is 30.2 Å². The number of anilines is 2. The van der Waals surface area contributed by atoms with E-state index in [1.165, 1.54) is 13.1 Å². The number of nitrogens with zero attached hydrogens (tertiary/aromatic N) is 3. The van der Waals surface area contributed by atoms with Crippen molar-refractivity contribution in [3.63, 3.8) is 0 Å². The number of nitrogens with one attached hydrogen (secondary N) is 3. The maximum atomic E-state index is 13.9. The van der Waals surface area contributed by atoms with E-state index < -0.39 is 23.2 Å². The van der Waals surface area contributed by atoms with Crippen LogP contribution in [0.2, 0.25) is 0 Å². The first-order valence-corrected chi connectivity index (χ1v) is 17.0. The van der Waals surface area contributed by atoms with Gasteiger partial charge < -0.3 is 25.6 Å². The number of nitrogen functional groups attached to an aromatic ring is 1. The number of likely N-dealkylation sites (tertiary alicyclic amines) is 1. The molecular weight excluding hydrogens is 687 g/mol. The van der Waals surface area contributed by atoms with Gasteiger partial charge in [0.25, 0.3) is 0 Å². The molecule has 2 fully saturated rings. The summed E-state index contributed by atoms with van der Waals surface area (Å²) < 4.78 is 45.9. The largest absolute Gasteiger partial charge is 0.417 e.